The number of nitrogens with zero attached hydrogens (tertiary/aromatic N) is 4. The molecule has 1 aromatic rings. The molecule has 7 nitrogen and oxygen atoms in total. The number of hydrogen-bond acceptors (Lipinski definition) is 5. The van der Waals surface area contributed by atoms with E-state index in [4.69, 9.17) is 9.47 Å². The fourth-order valence-electron chi connectivity index (χ4n) is 4.37. The van der Waals surface area contributed by atoms with Crippen LogP contribution in [0.25, 0.3) is 0 Å². The van der Waals surface area contributed by atoms with Gasteiger partial charge >= 0.3 is 0 Å². The lowest BCUT2D eigenvalue weighted by Crippen LogP contribution is -2.54. The number of methoxy groups -OCH3 is 1. The molecule has 0 aliphatic carbocycles. The molecule has 0 saturated carbocycles. The third-order valence-electron chi connectivity index (χ3n) is 5.82. The molecule has 0 aromatic carbocycles. The number of aromatic nitrogens is 2. The highest BCUT2D eigenvalue weighted by Crippen LogP contribution is 2.40. The first-order chi connectivity index (χ1) is 12.2. The number of amides is 1. The minimum absolute atomic E-state index is 0.151. The highest BCUT2D eigenvalue weighted by molar-refractivity contribution is 5.81. The van der Waals surface area contributed by atoms with Gasteiger partial charge in [-0.05, 0) is 25.7 Å². The summed E-state index contributed by atoms with van der Waals surface area (Å²) in [4.78, 5) is 21.9. The minimum Gasteiger partial charge on any atom is -0.383 e. The summed E-state index contributed by atoms with van der Waals surface area (Å²) in [7, 11) is 1.74. The Morgan fingerprint density at radius 1 is 1.32 bits per heavy atom. The average molecular weight is 348 g/mol. The SMILES string of the molecule is COCCN1CCC2(CC1)O[C@H](C(=O)N1CCCC1)Cn1ccnc12. The molecule has 138 valence electrons. The molecule has 0 unspecified atom stereocenters. The molecule has 7 heteroatoms. The van der Waals surface area contributed by atoms with E-state index in [0.29, 0.717) is 6.54 Å². The summed E-state index contributed by atoms with van der Waals surface area (Å²) in [5.41, 5.74) is -0.425. The molecule has 0 radical (unpaired) electrons. The van der Waals surface area contributed by atoms with Gasteiger partial charge in [-0.2, -0.15) is 0 Å². The summed E-state index contributed by atoms with van der Waals surface area (Å²) in [6.07, 6.45) is 7.39. The summed E-state index contributed by atoms with van der Waals surface area (Å²) in [5.74, 6) is 1.14. The van der Waals surface area contributed by atoms with E-state index in [1.165, 1.54) is 0 Å². The van der Waals surface area contributed by atoms with Crippen LogP contribution >= 0.6 is 0 Å². The third-order valence-corrected chi connectivity index (χ3v) is 5.82. The van der Waals surface area contributed by atoms with E-state index in [2.05, 4.69) is 14.5 Å². The van der Waals surface area contributed by atoms with Gasteiger partial charge in [0.15, 0.2) is 6.10 Å². The molecule has 4 rings (SSSR count). The van der Waals surface area contributed by atoms with Crippen LogP contribution < -0.4 is 0 Å². The number of ether oxygens (including phenoxy) is 2. The zero-order valence-electron chi connectivity index (χ0n) is 15.0. The Morgan fingerprint density at radius 3 is 2.80 bits per heavy atom. The maximum absolute atomic E-state index is 12.9. The number of carbonyl (C=O) groups excluding carboxylic acids is 1. The van der Waals surface area contributed by atoms with E-state index in [0.717, 1.165) is 70.8 Å². The van der Waals surface area contributed by atoms with Crippen molar-refractivity contribution in [2.45, 2.75) is 43.9 Å². The van der Waals surface area contributed by atoms with Crippen LogP contribution in [0.3, 0.4) is 0 Å². The number of imidazole rings is 1. The first-order valence-electron chi connectivity index (χ1n) is 9.41. The van der Waals surface area contributed by atoms with E-state index >= 15 is 0 Å². The molecule has 3 aliphatic heterocycles. The zero-order valence-corrected chi connectivity index (χ0v) is 15.0. The smallest absolute Gasteiger partial charge is 0.253 e. The second-order valence-corrected chi connectivity index (χ2v) is 7.37. The van der Waals surface area contributed by atoms with Crippen LogP contribution in [0.2, 0.25) is 0 Å². The molecule has 0 bridgehead atoms. The van der Waals surface area contributed by atoms with Crippen LogP contribution in [0, 0.1) is 0 Å². The van der Waals surface area contributed by atoms with Gasteiger partial charge in [0.05, 0.1) is 13.2 Å². The van der Waals surface area contributed by atoms with Crippen molar-refractivity contribution in [2.75, 3.05) is 46.4 Å². The predicted octanol–water partition coefficient (Wildman–Crippen LogP) is 0.842. The lowest BCUT2D eigenvalue weighted by molar-refractivity contribution is -0.180. The molecular weight excluding hydrogens is 320 g/mol. The largest absolute Gasteiger partial charge is 0.383 e. The van der Waals surface area contributed by atoms with Crippen molar-refractivity contribution in [3.05, 3.63) is 18.2 Å². The fourth-order valence-corrected chi connectivity index (χ4v) is 4.37. The van der Waals surface area contributed by atoms with Crippen LogP contribution in [-0.4, -0.2) is 77.8 Å². The van der Waals surface area contributed by atoms with Gasteiger partial charge in [0.25, 0.3) is 5.91 Å². The molecule has 1 aromatic heterocycles. The monoisotopic (exact) mass is 348 g/mol. The van der Waals surface area contributed by atoms with Gasteiger partial charge < -0.3 is 23.8 Å². The van der Waals surface area contributed by atoms with Crippen molar-refractivity contribution in [1.29, 1.82) is 0 Å². The first-order valence-corrected chi connectivity index (χ1v) is 9.41. The van der Waals surface area contributed by atoms with E-state index in [-0.39, 0.29) is 12.0 Å². The van der Waals surface area contributed by atoms with E-state index in [9.17, 15) is 4.79 Å². The third kappa shape index (κ3) is 3.20. The van der Waals surface area contributed by atoms with Crippen molar-refractivity contribution >= 4 is 5.91 Å². The van der Waals surface area contributed by atoms with Crippen LogP contribution in [0.1, 0.15) is 31.5 Å². The Bertz CT molecular complexity index is 603. The van der Waals surface area contributed by atoms with Crippen molar-refractivity contribution < 1.29 is 14.3 Å². The molecule has 2 fully saturated rings. The second kappa shape index (κ2) is 7.05. The molecule has 3 aliphatic rings. The lowest BCUT2D eigenvalue weighted by Gasteiger charge is -2.46. The van der Waals surface area contributed by atoms with Crippen LogP contribution in [0.5, 0.6) is 0 Å². The molecule has 25 heavy (non-hydrogen) atoms. The molecular formula is C18H28N4O3. The van der Waals surface area contributed by atoms with Gasteiger partial charge in [-0.15, -0.1) is 0 Å². The maximum atomic E-state index is 12.9. The quantitative estimate of drug-likeness (QED) is 0.807. The van der Waals surface area contributed by atoms with E-state index in [1.54, 1.807) is 7.11 Å². The van der Waals surface area contributed by atoms with Gasteiger partial charge in [-0.3, -0.25) is 4.79 Å². The zero-order chi connectivity index (χ0) is 17.3. The predicted molar refractivity (Wildman–Crippen MR) is 92.1 cm³/mol. The Labute approximate surface area is 148 Å². The minimum atomic E-state index is -0.425. The van der Waals surface area contributed by atoms with Gasteiger partial charge in [0.2, 0.25) is 0 Å². The number of hydrogen-bond donors (Lipinski definition) is 0. The van der Waals surface area contributed by atoms with Gasteiger partial charge in [0, 0.05) is 52.2 Å². The summed E-state index contributed by atoms with van der Waals surface area (Å²) in [6.45, 7) is 5.90. The molecule has 1 spiro atoms. The standard InChI is InChI=1S/C18H28N4O3/c1-24-13-12-20-9-4-18(5-10-20)17-19-6-11-22(17)14-15(25-18)16(23)21-7-2-3-8-21/h6,11,15H,2-5,7-10,12-14H2,1H3/t15-/m0/s1. The summed E-state index contributed by atoms with van der Waals surface area (Å²) >= 11 is 0. The number of carbonyl (C=O) groups is 1. The second-order valence-electron chi connectivity index (χ2n) is 7.37. The molecule has 0 N–H and O–H groups in total. The van der Waals surface area contributed by atoms with Gasteiger partial charge in [-0.25, -0.2) is 4.98 Å². The molecule has 4 heterocycles. The summed E-state index contributed by atoms with van der Waals surface area (Å²) in [5, 5.41) is 0. The molecule has 1 amide bonds. The highest BCUT2D eigenvalue weighted by Gasteiger charge is 2.47. The highest BCUT2D eigenvalue weighted by atomic mass is 16.5. The van der Waals surface area contributed by atoms with Gasteiger partial charge in [0.1, 0.15) is 11.4 Å². The summed E-state index contributed by atoms with van der Waals surface area (Å²) in [6, 6.07) is 0. The van der Waals surface area contributed by atoms with Crippen molar-refractivity contribution in [3.8, 4) is 0 Å². The van der Waals surface area contributed by atoms with Crippen LogP contribution in [-0.2, 0) is 26.4 Å². The van der Waals surface area contributed by atoms with Crippen LogP contribution in [0.15, 0.2) is 12.4 Å². The number of likely N-dealkylation sites (tertiary alicyclic amines) is 2. The van der Waals surface area contributed by atoms with E-state index in [1.807, 2.05) is 17.3 Å². The van der Waals surface area contributed by atoms with Gasteiger partial charge in [-0.1, -0.05) is 0 Å². The van der Waals surface area contributed by atoms with E-state index < -0.39 is 5.60 Å². The average Bonchev–Trinajstić information content (AvgIpc) is 3.32. The maximum Gasteiger partial charge on any atom is 0.253 e. The molecule has 1 atom stereocenters. The fraction of sp³-hybridized carbons (Fsp3) is 0.778. The topological polar surface area (TPSA) is 59.8 Å². The van der Waals surface area contributed by atoms with Crippen LogP contribution in [0.4, 0.5) is 0 Å². The number of rotatable bonds is 4. The summed E-state index contributed by atoms with van der Waals surface area (Å²) < 4.78 is 13.8. The Morgan fingerprint density at radius 2 is 2.08 bits per heavy atom. The first kappa shape index (κ1) is 17.0. The normalized spacial score (nSPS) is 26.1. The Hall–Kier alpha value is -1.44. The number of piperidine rings is 1. The van der Waals surface area contributed by atoms with Crippen molar-refractivity contribution in [3.63, 3.8) is 0 Å². The lowest BCUT2D eigenvalue weighted by atomic mass is 9.88. The van der Waals surface area contributed by atoms with Crippen molar-refractivity contribution in [2.24, 2.45) is 0 Å². The van der Waals surface area contributed by atoms with Crippen molar-refractivity contribution in [1.82, 2.24) is 19.4 Å². The number of fused-ring (bicyclic) bond motifs is 2. The molecule has 2 saturated heterocycles. The Kier molecular flexibility index (Phi) is 4.80. The Balaban J connectivity index is 1.50.